The molecule has 0 radical (unpaired) electrons. The van der Waals surface area contributed by atoms with Crippen LogP contribution in [0.15, 0.2) is 24.3 Å². The number of nitrogens with one attached hydrogen (secondary N) is 1. The highest BCUT2D eigenvalue weighted by Gasteiger charge is 2.28. The second-order valence-electron chi connectivity index (χ2n) is 5.10. The van der Waals surface area contributed by atoms with Crippen molar-refractivity contribution >= 4 is 11.9 Å². The third-order valence-corrected chi connectivity index (χ3v) is 3.55. The minimum Gasteiger partial charge on any atom is -0.467 e. The Morgan fingerprint density at radius 2 is 2.18 bits per heavy atom. The maximum absolute atomic E-state index is 12.1. The van der Waals surface area contributed by atoms with Crippen molar-refractivity contribution in [3.63, 3.8) is 0 Å². The highest BCUT2D eigenvalue weighted by Crippen LogP contribution is 2.13. The SMILES string of the molecule is COC(=O)[C@@H](Cc1ccc(C#N)cc1)NC(=O)[C@@H]1CCCO1. The van der Waals surface area contributed by atoms with Gasteiger partial charge in [-0.05, 0) is 30.5 Å². The van der Waals surface area contributed by atoms with Crippen LogP contribution in [0.1, 0.15) is 24.0 Å². The lowest BCUT2D eigenvalue weighted by atomic mass is 10.0. The topological polar surface area (TPSA) is 88.4 Å². The molecule has 2 rings (SSSR count). The van der Waals surface area contributed by atoms with Crippen molar-refractivity contribution in [2.45, 2.75) is 31.4 Å². The Bertz CT molecular complexity index is 571. The average molecular weight is 302 g/mol. The molecule has 1 saturated heterocycles. The fraction of sp³-hybridized carbons (Fsp3) is 0.438. The van der Waals surface area contributed by atoms with Gasteiger partial charge in [-0.1, -0.05) is 12.1 Å². The van der Waals surface area contributed by atoms with E-state index in [1.54, 1.807) is 24.3 Å². The van der Waals surface area contributed by atoms with Gasteiger partial charge in [-0.3, -0.25) is 4.79 Å². The predicted octanol–water partition coefficient (Wildman–Crippen LogP) is 0.938. The van der Waals surface area contributed by atoms with E-state index >= 15 is 0 Å². The fourth-order valence-electron chi connectivity index (χ4n) is 2.34. The first kappa shape index (κ1) is 16.0. The second kappa shape index (κ2) is 7.57. The summed E-state index contributed by atoms with van der Waals surface area (Å²) in [4.78, 5) is 23.9. The summed E-state index contributed by atoms with van der Waals surface area (Å²) in [5, 5.41) is 11.5. The molecule has 6 heteroatoms. The zero-order chi connectivity index (χ0) is 15.9. The van der Waals surface area contributed by atoms with Crippen molar-refractivity contribution < 1.29 is 19.1 Å². The molecule has 1 N–H and O–H groups in total. The number of carbonyl (C=O) groups excluding carboxylic acids is 2. The molecule has 1 aliphatic rings. The van der Waals surface area contributed by atoms with Gasteiger partial charge in [0, 0.05) is 13.0 Å². The third-order valence-electron chi connectivity index (χ3n) is 3.55. The number of nitrogens with zero attached hydrogens (tertiary/aromatic N) is 1. The third kappa shape index (κ3) is 4.06. The van der Waals surface area contributed by atoms with Gasteiger partial charge in [0.05, 0.1) is 18.7 Å². The monoisotopic (exact) mass is 302 g/mol. The van der Waals surface area contributed by atoms with Crippen LogP contribution >= 0.6 is 0 Å². The number of hydrogen-bond donors (Lipinski definition) is 1. The molecule has 6 nitrogen and oxygen atoms in total. The quantitative estimate of drug-likeness (QED) is 0.818. The molecular weight excluding hydrogens is 284 g/mol. The van der Waals surface area contributed by atoms with E-state index in [2.05, 4.69) is 5.32 Å². The largest absolute Gasteiger partial charge is 0.467 e. The second-order valence-corrected chi connectivity index (χ2v) is 5.10. The van der Waals surface area contributed by atoms with Crippen LogP contribution in [0.2, 0.25) is 0 Å². The van der Waals surface area contributed by atoms with E-state index in [0.29, 0.717) is 25.0 Å². The maximum Gasteiger partial charge on any atom is 0.328 e. The molecule has 22 heavy (non-hydrogen) atoms. The molecule has 0 spiro atoms. The van der Waals surface area contributed by atoms with Crippen LogP contribution in [0.4, 0.5) is 0 Å². The standard InChI is InChI=1S/C16H18N2O4/c1-21-16(20)13(18-15(19)14-3-2-8-22-14)9-11-4-6-12(10-17)7-5-11/h4-7,13-14H,2-3,8-9H2,1H3,(H,18,19)/t13-,14+/m1/s1. The maximum atomic E-state index is 12.1. The Morgan fingerprint density at radius 3 is 2.73 bits per heavy atom. The first-order valence-electron chi connectivity index (χ1n) is 7.13. The lowest BCUT2D eigenvalue weighted by Crippen LogP contribution is -2.47. The van der Waals surface area contributed by atoms with Crippen molar-refractivity contribution in [3.8, 4) is 6.07 Å². The van der Waals surface area contributed by atoms with Crippen LogP contribution in [0.5, 0.6) is 0 Å². The van der Waals surface area contributed by atoms with Gasteiger partial charge >= 0.3 is 5.97 Å². The highest BCUT2D eigenvalue weighted by atomic mass is 16.5. The van der Waals surface area contributed by atoms with E-state index in [9.17, 15) is 9.59 Å². The Labute approximate surface area is 129 Å². The van der Waals surface area contributed by atoms with E-state index in [0.717, 1.165) is 12.0 Å². The zero-order valence-corrected chi connectivity index (χ0v) is 12.4. The lowest BCUT2D eigenvalue weighted by Gasteiger charge is -2.18. The number of esters is 1. The van der Waals surface area contributed by atoms with Gasteiger partial charge in [0.2, 0.25) is 5.91 Å². The van der Waals surface area contributed by atoms with Crippen LogP contribution < -0.4 is 5.32 Å². The van der Waals surface area contributed by atoms with E-state index in [1.807, 2.05) is 6.07 Å². The van der Waals surface area contributed by atoms with Gasteiger partial charge in [0.25, 0.3) is 0 Å². The Morgan fingerprint density at radius 1 is 1.45 bits per heavy atom. The van der Waals surface area contributed by atoms with Crippen LogP contribution in [-0.4, -0.2) is 37.7 Å². The number of methoxy groups -OCH3 is 1. The molecule has 2 atom stereocenters. The van der Waals surface area contributed by atoms with Crippen molar-refractivity contribution in [2.75, 3.05) is 13.7 Å². The van der Waals surface area contributed by atoms with Gasteiger partial charge < -0.3 is 14.8 Å². The van der Waals surface area contributed by atoms with Crippen LogP contribution in [0.25, 0.3) is 0 Å². The summed E-state index contributed by atoms with van der Waals surface area (Å²) in [6.45, 7) is 0.566. The van der Waals surface area contributed by atoms with Gasteiger partial charge in [0.1, 0.15) is 12.1 Å². The van der Waals surface area contributed by atoms with Crippen LogP contribution in [0.3, 0.4) is 0 Å². The van der Waals surface area contributed by atoms with Gasteiger partial charge in [-0.15, -0.1) is 0 Å². The molecular formula is C16H18N2O4. The Kier molecular flexibility index (Phi) is 5.50. The molecule has 0 bridgehead atoms. The van der Waals surface area contributed by atoms with Crippen LogP contribution in [-0.2, 0) is 25.5 Å². The van der Waals surface area contributed by atoms with Crippen molar-refractivity contribution in [1.82, 2.24) is 5.32 Å². The van der Waals surface area contributed by atoms with Crippen molar-refractivity contribution in [1.29, 1.82) is 5.26 Å². The Hall–Kier alpha value is -2.39. The molecule has 0 aliphatic carbocycles. The molecule has 1 aliphatic heterocycles. The number of ether oxygens (including phenoxy) is 2. The lowest BCUT2D eigenvalue weighted by molar-refractivity contribution is -0.146. The number of benzene rings is 1. The summed E-state index contributed by atoms with van der Waals surface area (Å²) in [6.07, 6.45) is 1.32. The number of rotatable bonds is 5. The Balaban J connectivity index is 2.03. The van der Waals surface area contributed by atoms with Crippen LogP contribution in [0, 0.1) is 11.3 Å². The number of hydrogen-bond acceptors (Lipinski definition) is 5. The summed E-state index contributed by atoms with van der Waals surface area (Å²) in [6, 6.07) is 8.12. The molecule has 0 saturated carbocycles. The summed E-state index contributed by atoms with van der Waals surface area (Å²) < 4.78 is 10.1. The van der Waals surface area contributed by atoms with Gasteiger partial charge in [-0.25, -0.2) is 4.79 Å². The fourth-order valence-corrected chi connectivity index (χ4v) is 2.34. The van der Waals surface area contributed by atoms with Crippen molar-refractivity contribution in [2.24, 2.45) is 0 Å². The summed E-state index contributed by atoms with van der Waals surface area (Å²) in [5.41, 5.74) is 1.38. The van der Waals surface area contributed by atoms with E-state index in [-0.39, 0.29) is 5.91 Å². The molecule has 1 fully saturated rings. The molecule has 116 valence electrons. The van der Waals surface area contributed by atoms with E-state index in [1.165, 1.54) is 7.11 Å². The number of nitriles is 1. The first-order valence-corrected chi connectivity index (χ1v) is 7.13. The molecule has 1 aromatic rings. The normalized spacial score (nSPS) is 18.3. The molecule has 0 unspecified atom stereocenters. The van der Waals surface area contributed by atoms with Gasteiger partial charge in [0.15, 0.2) is 0 Å². The van der Waals surface area contributed by atoms with Crippen molar-refractivity contribution in [3.05, 3.63) is 35.4 Å². The molecule has 1 amide bonds. The summed E-state index contributed by atoms with van der Waals surface area (Å²) >= 11 is 0. The molecule has 0 aromatic heterocycles. The van der Waals surface area contributed by atoms with E-state index in [4.69, 9.17) is 14.7 Å². The van der Waals surface area contributed by atoms with Gasteiger partial charge in [-0.2, -0.15) is 5.26 Å². The minimum atomic E-state index is -0.769. The minimum absolute atomic E-state index is 0.290. The number of carbonyl (C=O) groups is 2. The van der Waals surface area contributed by atoms with E-state index < -0.39 is 18.1 Å². The summed E-state index contributed by atoms with van der Waals surface area (Å²) in [7, 11) is 1.28. The molecule has 1 heterocycles. The zero-order valence-electron chi connectivity index (χ0n) is 12.4. The first-order chi connectivity index (χ1) is 10.6. The average Bonchev–Trinajstić information content (AvgIpc) is 3.08. The number of amides is 1. The predicted molar refractivity (Wildman–Crippen MR) is 77.8 cm³/mol. The highest BCUT2D eigenvalue weighted by molar-refractivity contribution is 5.87. The molecule has 1 aromatic carbocycles. The smallest absolute Gasteiger partial charge is 0.328 e. The summed E-state index contributed by atoms with van der Waals surface area (Å²) in [5.74, 6) is -0.794.